The van der Waals surface area contributed by atoms with Gasteiger partial charge < -0.3 is 11.1 Å². The van der Waals surface area contributed by atoms with Crippen molar-refractivity contribution in [3.8, 4) is 0 Å². The summed E-state index contributed by atoms with van der Waals surface area (Å²) in [4.78, 5) is 0. The Hall–Kier alpha value is 1.43. The minimum absolute atomic E-state index is 0. The normalized spacial score (nSPS) is 14.5. The average Bonchev–Trinajstić information content (AvgIpc) is 2.11. The third-order valence-corrected chi connectivity index (χ3v) is 1.53. The Morgan fingerprint density at radius 1 is 1.70 bits per heavy atom. The average molecular weight is 394 g/mol. The van der Waals surface area contributed by atoms with Gasteiger partial charge in [-0.25, -0.2) is 0 Å². The first-order valence-corrected chi connectivity index (χ1v) is 4.51. The number of nitrogens with one attached hydrogen (secondary N) is 1. The topological polar surface area (TPSA) is 38.0 Å². The van der Waals surface area contributed by atoms with Crippen molar-refractivity contribution in [1.29, 1.82) is 0 Å². The van der Waals surface area contributed by atoms with Gasteiger partial charge in [0.25, 0.3) is 0 Å². The molecule has 62 valence electrons. The fourth-order valence-corrected chi connectivity index (χ4v) is 1.08. The molecule has 1 aliphatic rings. The Bertz CT molecular complexity index is 75.0. The molecule has 0 atom stereocenters. The van der Waals surface area contributed by atoms with E-state index >= 15 is 0 Å². The van der Waals surface area contributed by atoms with Gasteiger partial charge in [-0.05, 0) is 0 Å². The SMILES string of the molecule is C1CSCN1.NC(=S)S.[BiH3]. The molecule has 6 heteroatoms. The van der Waals surface area contributed by atoms with E-state index in [1.807, 2.05) is 11.8 Å². The van der Waals surface area contributed by atoms with Crippen molar-refractivity contribution >= 4 is 67.1 Å². The van der Waals surface area contributed by atoms with Crippen LogP contribution in [-0.2, 0) is 0 Å². The Balaban J connectivity index is 0. The molecular weight excluding hydrogens is 381 g/mol. The molecule has 0 unspecified atom stereocenters. The Morgan fingerprint density at radius 2 is 2.20 bits per heavy atom. The first kappa shape index (κ1) is 14.0. The van der Waals surface area contributed by atoms with Crippen molar-refractivity contribution < 1.29 is 0 Å². The predicted octanol–water partition coefficient (Wildman–Crippen LogP) is -0.744. The fraction of sp³-hybridized carbons (Fsp3) is 0.750. The van der Waals surface area contributed by atoms with E-state index in [0.29, 0.717) is 0 Å². The van der Waals surface area contributed by atoms with Crippen molar-refractivity contribution in [3.63, 3.8) is 0 Å². The summed E-state index contributed by atoms with van der Waals surface area (Å²) in [5, 5.41) is 3.19. The van der Waals surface area contributed by atoms with Crippen molar-refractivity contribution in [2.45, 2.75) is 0 Å². The molecular formula is C4H13BiN2S3. The van der Waals surface area contributed by atoms with Gasteiger partial charge >= 0.3 is 26.2 Å². The summed E-state index contributed by atoms with van der Waals surface area (Å²) < 4.78 is 0.194. The number of hydrogen-bond donors (Lipinski definition) is 3. The van der Waals surface area contributed by atoms with Gasteiger partial charge in [0.1, 0.15) is 4.32 Å². The van der Waals surface area contributed by atoms with Crippen molar-refractivity contribution in [2.24, 2.45) is 5.73 Å². The third kappa shape index (κ3) is 16.2. The molecule has 0 amide bonds. The van der Waals surface area contributed by atoms with Crippen LogP contribution in [0.25, 0.3) is 0 Å². The van der Waals surface area contributed by atoms with Crippen LogP contribution in [0.15, 0.2) is 0 Å². The maximum atomic E-state index is 4.71. The zero-order chi connectivity index (χ0) is 7.11. The molecule has 2 nitrogen and oxygen atoms in total. The van der Waals surface area contributed by atoms with Crippen LogP contribution >= 0.6 is 36.6 Å². The van der Waals surface area contributed by atoms with Crippen LogP contribution in [0.1, 0.15) is 0 Å². The Morgan fingerprint density at radius 3 is 2.30 bits per heavy atom. The number of thiol groups is 1. The van der Waals surface area contributed by atoms with Crippen LogP contribution in [0.2, 0.25) is 0 Å². The molecule has 1 saturated heterocycles. The van der Waals surface area contributed by atoms with Gasteiger partial charge in [-0.2, -0.15) is 0 Å². The van der Waals surface area contributed by atoms with Crippen molar-refractivity contribution in [1.82, 2.24) is 5.32 Å². The molecule has 1 heterocycles. The molecule has 1 rings (SSSR count). The number of nitrogens with two attached hydrogens (primary N) is 1. The van der Waals surface area contributed by atoms with E-state index in [0.717, 1.165) is 0 Å². The molecule has 1 aliphatic heterocycles. The standard InChI is InChI=1S/C3H7NS.CH3NS2.Bi.3H/c1-2-5-3-4-1;2-1(3)4;;;;/h4H,1-3H2;(H3,2,3,4);;;;. The van der Waals surface area contributed by atoms with Gasteiger partial charge in [-0.15, -0.1) is 24.4 Å². The summed E-state index contributed by atoms with van der Waals surface area (Å²) in [6.45, 7) is 1.21. The summed E-state index contributed by atoms with van der Waals surface area (Å²) in [7, 11) is 0. The second kappa shape index (κ2) is 10.4. The first-order valence-electron chi connectivity index (χ1n) is 2.50. The summed E-state index contributed by atoms with van der Waals surface area (Å²) >= 11 is 9.62. The number of thiocarbonyl (C=S) groups is 1. The van der Waals surface area contributed by atoms with E-state index in [-0.39, 0.29) is 30.5 Å². The van der Waals surface area contributed by atoms with Gasteiger partial charge in [-0.3, -0.25) is 0 Å². The van der Waals surface area contributed by atoms with Crippen LogP contribution < -0.4 is 11.1 Å². The summed E-state index contributed by atoms with van der Waals surface area (Å²) in [6.07, 6.45) is 0. The third-order valence-electron chi connectivity index (χ3n) is 0.627. The van der Waals surface area contributed by atoms with Gasteiger partial charge in [0.15, 0.2) is 0 Å². The molecule has 0 radical (unpaired) electrons. The van der Waals surface area contributed by atoms with Gasteiger partial charge in [0, 0.05) is 18.2 Å². The monoisotopic (exact) mass is 394 g/mol. The Kier molecular flexibility index (Phi) is 14.6. The number of thioether (sulfide) groups is 1. The quantitative estimate of drug-likeness (QED) is 0.288. The molecule has 0 spiro atoms. The number of rotatable bonds is 0. The summed E-state index contributed by atoms with van der Waals surface area (Å²) in [6, 6.07) is 0. The fourth-order valence-electron chi connectivity index (χ4n) is 0.361. The minimum atomic E-state index is 0. The van der Waals surface area contributed by atoms with Gasteiger partial charge in [0.05, 0.1) is 0 Å². The van der Waals surface area contributed by atoms with Crippen molar-refractivity contribution in [2.75, 3.05) is 18.2 Å². The van der Waals surface area contributed by atoms with Gasteiger partial charge in [-0.1, -0.05) is 12.2 Å². The van der Waals surface area contributed by atoms with Crippen molar-refractivity contribution in [3.05, 3.63) is 0 Å². The summed E-state index contributed by atoms with van der Waals surface area (Å²) in [5.41, 5.74) is 4.71. The Labute approximate surface area is 95.6 Å². The van der Waals surface area contributed by atoms with E-state index in [1.54, 1.807) is 0 Å². The zero-order valence-electron chi connectivity index (χ0n) is 5.67. The van der Waals surface area contributed by atoms with E-state index in [9.17, 15) is 0 Å². The predicted molar refractivity (Wildman–Crippen MR) is 61.0 cm³/mol. The van der Waals surface area contributed by atoms with Gasteiger partial charge in [0.2, 0.25) is 0 Å². The molecule has 1 fully saturated rings. The van der Waals surface area contributed by atoms with E-state index < -0.39 is 0 Å². The molecule has 0 aromatic heterocycles. The molecule has 0 saturated carbocycles. The zero-order valence-corrected chi connectivity index (χ0v) is 13.7. The molecule has 0 bridgehead atoms. The first-order chi connectivity index (χ1) is 4.23. The molecule has 0 aliphatic carbocycles. The second-order valence-corrected chi connectivity index (χ2v) is 3.72. The molecule has 10 heavy (non-hydrogen) atoms. The molecule has 0 aromatic rings. The van der Waals surface area contributed by atoms with Crippen LogP contribution in [-0.4, -0.2) is 48.7 Å². The van der Waals surface area contributed by atoms with E-state index in [4.69, 9.17) is 5.73 Å². The van der Waals surface area contributed by atoms with Crippen LogP contribution in [0.4, 0.5) is 0 Å². The van der Waals surface area contributed by atoms with E-state index in [1.165, 1.54) is 18.2 Å². The van der Waals surface area contributed by atoms with Crippen LogP contribution in [0.3, 0.4) is 0 Å². The summed E-state index contributed by atoms with van der Waals surface area (Å²) in [5.74, 6) is 2.47. The number of hydrogen-bond acceptors (Lipinski definition) is 3. The molecule has 3 N–H and O–H groups in total. The van der Waals surface area contributed by atoms with Crippen LogP contribution in [0.5, 0.6) is 0 Å². The molecule has 0 aromatic carbocycles. The maximum absolute atomic E-state index is 4.71. The van der Waals surface area contributed by atoms with E-state index in [2.05, 4.69) is 30.2 Å². The second-order valence-electron chi connectivity index (χ2n) is 1.39. The van der Waals surface area contributed by atoms with Crippen LogP contribution in [0, 0.1) is 0 Å².